The second-order valence-corrected chi connectivity index (χ2v) is 10.3. The molecule has 0 spiro atoms. The molecule has 0 bridgehead atoms. The number of amides is 1. The molecule has 1 amide bonds. The summed E-state index contributed by atoms with van der Waals surface area (Å²) in [5.74, 6) is -4.92. The van der Waals surface area contributed by atoms with Crippen molar-refractivity contribution in [2.75, 3.05) is 40.8 Å². The minimum Gasteiger partial charge on any atom is -0.493 e. The molecule has 1 aliphatic rings. The first kappa shape index (κ1) is 35.6. The van der Waals surface area contributed by atoms with E-state index in [0.29, 0.717) is 0 Å². The number of hydrogen-bond acceptors (Lipinski definition) is 14. The van der Waals surface area contributed by atoms with E-state index >= 15 is 0 Å². The summed E-state index contributed by atoms with van der Waals surface area (Å²) in [5.41, 5.74) is 0.426. The molecule has 0 aliphatic carbocycles. The fraction of sp³-hybridized carbons (Fsp3) is 0.484. The predicted molar refractivity (Wildman–Crippen MR) is 157 cm³/mol. The molecule has 15 nitrogen and oxygen atoms in total. The van der Waals surface area contributed by atoms with Crippen LogP contribution in [0.3, 0.4) is 0 Å². The van der Waals surface area contributed by atoms with E-state index in [4.69, 9.17) is 37.9 Å². The van der Waals surface area contributed by atoms with Crippen LogP contribution in [0.2, 0.25) is 0 Å². The summed E-state index contributed by atoms with van der Waals surface area (Å²) in [6, 6.07) is 8.93. The molecule has 4 unspecified atom stereocenters. The van der Waals surface area contributed by atoms with Crippen LogP contribution in [0.15, 0.2) is 42.6 Å². The van der Waals surface area contributed by atoms with Gasteiger partial charge in [-0.15, -0.1) is 0 Å². The molecule has 1 saturated heterocycles. The van der Waals surface area contributed by atoms with Crippen molar-refractivity contribution < 1.29 is 61.9 Å². The van der Waals surface area contributed by atoms with E-state index in [9.17, 15) is 24.0 Å². The van der Waals surface area contributed by atoms with Gasteiger partial charge in [0.05, 0.1) is 19.6 Å². The molecule has 1 aliphatic heterocycles. The number of benzene rings is 1. The molecule has 15 heteroatoms. The Kier molecular flexibility index (Phi) is 13.6. The lowest BCUT2D eigenvalue weighted by molar-refractivity contribution is -0.176. The topological polar surface area (TPSA) is 184 Å². The first-order valence-electron chi connectivity index (χ1n) is 14.4. The van der Waals surface area contributed by atoms with Crippen molar-refractivity contribution in [3.8, 4) is 11.5 Å². The molecule has 1 aromatic carbocycles. The van der Waals surface area contributed by atoms with Crippen LogP contribution >= 0.6 is 0 Å². The molecule has 3 rings (SSSR count). The van der Waals surface area contributed by atoms with Gasteiger partial charge in [0.2, 0.25) is 6.79 Å². The fourth-order valence-electron chi connectivity index (χ4n) is 4.26. The van der Waals surface area contributed by atoms with Gasteiger partial charge in [-0.05, 0) is 18.9 Å². The Morgan fingerprint density at radius 2 is 1.76 bits per heavy atom. The average molecular weight is 647 g/mol. The van der Waals surface area contributed by atoms with Crippen LogP contribution in [0, 0.1) is 11.8 Å². The molecular weight excluding hydrogens is 608 g/mol. The highest BCUT2D eigenvalue weighted by molar-refractivity contribution is 5.98. The summed E-state index contributed by atoms with van der Waals surface area (Å²) in [6.07, 6.45) is -1.93. The Morgan fingerprint density at radius 1 is 1.02 bits per heavy atom. The molecule has 4 atom stereocenters. The van der Waals surface area contributed by atoms with E-state index in [2.05, 4.69) is 10.3 Å². The lowest BCUT2D eigenvalue weighted by Crippen LogP contribution is -2.47. The van der Waals surface area contributed by atoms with Gasteiger partial charge in [0.15, 0.2) is 29.3 Å². The molecular formula is C31H38N2O13. The van der Waals surface area contributed by atoms with Crippen molar-refractivity contribution in [2.24, 2.45) is 11.8 Å². The highest BCUT2D eigenvalue weighted by atomic mass is 16.8. The Bertz CT molecular complexity index is 1350. The molecule has 0 saturated carbocycles. The van der Waals surface area contributed by atoms with Crippen LogP contribution in [0.1, 0.15) is 36.8 Å². The Labute approximate surface area is 265 Å². The molecule has 250 valence electrons. The summed E-state index contributed by atoms with van der Waals surface area (Å²) >= 11 is 0. The first-order chi connectivity index (χ1) is 22.0. The second-order valence-electron chi connectivity index (χ2n) is 10.3. The van der Waals surface area contributed by atoms with E-state index in [-0.39, 0.29) is 36.8 Å². The average Bonchev–Trinajstić information content (AvgIpc) is 3.07. The SMILES string of the molecule is COCCOC(=O)OCOc1c(OC)ccnc1C(=O)NC1COC(=O)C(Cc2ccccc2)C(OC(=O)C(C)C)C(C)OC1=O. The van der Waals surface area contributed by atoms with Gasteiger partial charge in [0.25, 0.3) is 5.91 Å². The molecule has 1 N–H and O–H groups in total. The summed E-state index contributed by atoms with van der Waals surface area (Å²) < 4.78 is 41.9. The van der Waals surface area contributed by atoms with Gasteiger partial charge < -0.3 is 43.2 Å². The largest absolute Gasteiger partial charge is 0.511 e. The Hall–Kier alpha value is -4.92. The summed E-state index contributed by atoms with van der Waals surface area (Å²) in [6.45, 7) is 3.60. The summed E-state index contributed by atoms with van der Waals surface area (Å²) in [5, 5.41) is 2.44. The van der Waals surface area contributed by atoms with E-state index in [1.807, 2.05) is 6.07 Å². The van der Waals surface area contributed by atoms with Crippen LogP contribution in [0.25, 0.3) is 0 Å². The highest BCUT2D eigenvalue weighted by Crippen LogP contribution is 2.30. The zero-order chi connectivity index (χ0) is 33.6. The molecule has 2 aromatic rings. The lowest BCUT2D eigenvalue weighted by Gasteiger charge is -2.29. The number of methoxy groups -OCH3 is 2. The molecule has 1 aromatic heterocycles. The van der Waals surface area contributed by atoms with Gasteiger partial charge in [0, 0.05) is 19.4 Å². The van der Waals surface area contributed by atoms with Crippen molar-refractivity contribution >= 4 is 30.0 Å². The number of hydrogen-bond donors (Lipinski definition) is 1. The monoisotopic (exact) mass is 646 g/mol. The van der Waals surface area contributed by atoms with E-state index in [1.165, 1.54) is 33.4 Å². The van der Waals surface area contributed by atoms with E-state index in [0.717, 1.165) is 5.56 Å². The fourth-order valence-corrected chi connectivity index (χ4v) is 4.26. The highest BCUT2D eigenvalue weighted by Gasteiger charge is 2.42. The van der Waals surface area contributed by atoms with Crippen molar-refractivity contribution in [1.82, 2.24) is 10.3 Å². The zero-order valence-corrected chi connectivity index (χ0v) is 26.2. The number of pyridine rings is 1. The number of cyclic esters (lactones) is 2. The number of aromatic nitrogens is 1. The number of carbonyl (C=O) groups excluding carboxylic acids is 5. The third-order valence-corrected chi connectivity index (χ3v) is 6.66. The van der Waals surface area contributed by atoms with Gasteiger partial charge in [0.1, 0.15) is 25.2 Å². The number of carbonyl (C=O) groups is 5. The van der Waals surface area contributed by atoms with E-state index < -0.39 is 73.5 Å². The van der Waals surface area contributed by atoms with Gasteiger partial charge in [-0.1, -0.05) is 44.2 Å². The smallest absolute Gasteiger partial charge is 0.493 e. The maximum absolute atomic E-state index is 13.4. The van der Waals surface area contributed by atoms with Crippen molar-refractivity contribution in [3.63, 3.8) is 0 Å². The van der Waals surface area contributed by atoms with Crippen LogP contribution in [-0.4, -0.2) is 94.0 Å². The number of nitrogens with one attached hydrogen (secondary N) is 1. The maximum Gasteiger partial charge on any atom is 0.511 e. The van der Waals surface area contributed by atoms with Gasteiger partial charge >= 0.3 is 24.1 Å². The quantitative estimate of drug-likeness (QED) is 0.145. The standard InChI is InChI=1S/C31H38N2O13/c1-18(2)28(35)46-25-19(3)45-30(37)22(16-42-29(36)21(25)15-20-9-7-6-8-10-20)33-27(34)24-26(23(40-5)11-12-32-24)43-17-44-31(38)41-14-13-39-4/h6-12,18-19,21-22,25H,13-17H2,1-5H3,(H,33,34). The predicted octanol–water partition coefficient (Wildman–Crippen LogP) is 2.24. The lowest BCUT2D eigenvalue weighted by atomic mass is 9.91. The third-order valence-electron chi connectivity index (χ3n) is 6.66. The Balaban J connectivity index is 1.80. The van der Waals surface area contributed by atoms with Crippen molar-refractivity contribution in [2.45, 2.75) is 45.4 Å². The maximum atomic E-state index is 13.4. The van der Waals surface area contributed by atoms with Gasteiger partial charge in [-0.25, -0.2) is 14.6 Å². The molecule has 2 heterocycles. The second kappa shape index (κ2) is 17.5. The van der Waals surface area contributed by atoms with Crippen molar-refractivity contribution in [1.29, 1.82) is 0 Å². The minimum atomic E-state index is -1.48. The van der Waals surface area contributed by atoms with Crippen LogP contribution < -0.4 is 14.8 Å². The number of nitrogens with zero attached hydrogens (tertiary/aromatic N) is 1. The summed E-state index contributed by atoms with van der Waals surface area (Å²) in [7, 11) is 2.75. The van der Waals surface area contributed by atoms with Crippen LogP contribution in [0.4, 0.5) is 4.79 Å². The van der Waals surface area contributed by atoms with Gasteiger partial charge in [-0.2, -0.15) is 0 Å². The summed E-state index contributed by atoms with van der Waals surface area (Å²) in [4.78, 5) is 68.5. The Morgan fingerprint density at radius 3 is 2.43 bits per heavy atom. The van der Waals surface area contributed by atoms with Crippen molar-refractivity contribution in [3.05, 3.63) is 53.9 Å². The van der Waals surface area contributed by atoms with E-state index in [1.54, 1.807) is 38.1 Å². The number of rotatable bonds is 13. The first-order valence-corrected chi connectivity index (χ1v) is 14.4. The molecule has 46 heavy (non-hydrogen) atoms. The molecule has 1 fully saturated rings. The number of ether oxygens (including phenoxy) is 8. The molecule has 0 radical (unpaired) electrons. The zero-order valence-electron chi connectivity index (χ0n) is 26.2. The number of esters is 3. The minimum absolute atomic E-state index is 0.0478. The van der Waals surface area contributed by atoms with Crippen LogP contribution in [0.5, 0.6) is 11.5 Å². The normalized spacial score (nSPS) is 19.8. The van der Waals surface area contributed by atoms with Crippen LogP contribution in [-0.2, 0) is 49.2 Å². The third kappa shape index (κ3) is 10.1. The van der Waals surface area contributed by atoms with Gasteiger partial charge in [-0.3, -0.25) is 14.4 Å².